The maximum Gasteiger partial charge on any atom is 0.0408 e. The second kappa shape index (κ2) is 6.14. The van der Waals surface area contributed by atoms with E-state index in [0.717, 1.165) is 24.0 Å². The molecular formula is C13H20ClN. The van der Waals surface area contributed by atoms with Crippen molar-refractivity contribution in [2.75, 3.05) is 6.54 Å². The minimum Gasteiger partial charge on any atom is -0.313 e. The fourth-order valence-corrected chi connectivity index (χ4v) is 1.70. The van der Waals surface area contributed by atoms with Gasteiger partial charge in [-0.1, -0.05) is 31.5 Å². The van der Waals surface area contributed by atoms with Crippen molar-refractivity contribution in [3.05, 3.63) is 34.3 Å². The largest absolute Gasteiger partial charge is 0.313 e. The maximum atomic E-state index is 5.90. The molecule has 1 aromatic rings. The highest BCUT2D eigenvalue weighted by molar-refractivity contribution is 6.30. The normalized spacial score (nSPS) is 11.0. The van der Waals surface area contributed by atoms with Crippen LogP contribution in [-0.2, 0) is 6.54 Å². The molecule has 0 saturated carbocycles. The average Bonchev–Trinajstić information content (AvgIpc) is 2.14. The number of hydrogen-bond acceptors (Lipinski definition) is 1. The standard InChI is InChI=1S/C13H20ClN/c1-10(2)6-7-15-9-12-4-5-13(14)8-11(12)3/h4-5,8,10,15H,6-7,9H2,1-3H3. The highest BCUT2D eigenvalue weighted by Gasteiger charge is 1.99. The fourth-order valence-electron chi connectivity index (χ4n) is 1.47. The number of rotatable bonds is 5. The third-order valence-electron chi connectivity index (χ3n) is 2.52. The molecule has 0 aliphatic carbocycles. The number of aryl methyl sites for hydroxylation is 1. The van der Waals surface area contributed by atoms with Crippen molar-refractivity contribution in [3.8, 4) is 0 Å². The van der Waals surface area contributed by atoms with Crippen molar-refractivity contribution in [1.29, 1.82) is 0 Å². The first-order chi connectivity index (χ1) is 7.09. The van der Waals surface area contributed by atoms with Gasteiger partial charge in [-0.3, -0.25) is 0 Å². The summed E-state index contributed by atoms with van der Waals surface area (Å²) in [6, 6.07) is 6.06. The number of hydrogen-bond donors (Lipinski definition) is 1. The lowest BCUT2D eigenvalue weighted by molar-refractivity contribution is 0.537. The van der Waals surface area contributed by atoms with Crippen LogP contribution in [0.3, 0.4) is 0 Å². The lowest BCUT2D eigenvalue weighted by Gasteiger charge is -2.09. The monoisotopic (exact) mass is 225 g/mol. The van der Waals surface area contributed by atoms with E-state index in [9.17, 15) is 0 Å². The van der Waals surface area contributed by atoms with Crippen molar-refractivity contribution in [3.63, 3.8) is 0 Å². The maximum absolute atomic E-state index is 5.90. The zero-order valence-corrected chi connectivity index (χ0v) is 10.6. The van der Waals surface area contributed by atoms with Gasteiger partial charge < -0.3 is 5.32 Å². The second-order valence-corrected chi connectivity index (χ2v) is 4.87. The Morgan fingerprint density at radius 2 is 2.07 bits per heavy atom. The molecule has 0 radical (unpaired) electrons. The number of nitrogens with one attached hydrogen (secondary N) is 1. The minimum atomic E-state index is 0.767. The van der Waals surface area contributed by atoms with Crippen LogP contribution in [0, 0.1) is 12.8 Å². The van der Waals surface area contributed by atoms with Crippen molar-refractivity contribution in [1.82, 2.24) is 5.32 Å². The lowest BCUT2D eigenvalue weighted by atomic mass is 10.1. The molecule has 15 heavy (non-hydrogen) atoms. The van der Waals surface area contributed by atoms with Crippen molar-refractivity contribution >= 4 is 11.6 Å². The first kappa shape index (κ1) is 12.5. The quantitative estimate of drug-likeness (QED) is 0.752. The van der Waals surface area contributed by atoms with Gasteiger partial charge in [0, 0.05) is 11.6 Å². The summed E-state index contributed by atoms with van der Waals surface area (Å²) in [6.45, 7) is 8.62. The molecule has 1 N–H and O–H groups in total. The Bertz CT molecular complexity index is 307. The van der Waals surface area contributed by atoms with Crippen molar-refractivity contribution < 1.29 is 0 Å². The van der Waals surface area contributed by atoms with Gasteiger partial charge in [0.05, 0.1) is 0 Å². The smallest absolute Gasteiger partial charge is 0.0408 e. The third-order valence-corrected chi connectivity index (χ3v) is 2.75. The minimum absolute atomic E-state index is 0.767. The Morgan fingerprint density at radius 1 is 1.33 bits per heavy atom. The second-order valence-electron chi connectivity index (χ2n) is 4.43. The lowest BCUT2D eigenvalue weighted by Crippen LogP contribution is -2.16. The van der Waals surface area contributed by atoms with Gasteiger partial charge in [0.1, 0.15) is 0 Å². The molecule has 0 saturated heterocycles. The van der Waals surface area contributed by atoms with E-state index in [1.807, 2.05) is 12.1 Å². The van der Waals surface area contributed by atoms with Crippen LogP contribution in [0.4, 0.5) is 0 Å². The summed E-state index contributed by atoms with van der Waals surface area (Å²) in [5, 5.41) is 4.27. The van der Waals surface area contributed by atoms with E-state index in [1.54, 1.807) is 0 Å². The van der Waals surface area contributed by atoms with Gasteiger partial charge in [-0.05, 0) is 49.1 Å². The highest BCUT2D eigenvalue weighted by Crippen LogP contribution is 2.14. The van der Waals surface area contributed by atoms with Gasteiger partial charge in [0.25, 0.3) is 0 Å². The van der Waals surface area contributed by atoms with E-state index in [1.165, 1.54) is 17.5 Å². The average molecular weight is 226 g/mol. The molecule has 1 nitrogen and oxygen atoms in total. The highest BCUT2D eigenvalue weighted by atomic mass is 35.5. The molecule has 1 aromatic carbocycles. The van der Waals surface area contributed by atoms with Gasteiger partial charge in [-0.2, -0.15) is 0 Å². The van der Waals surface area contributed by atoms with Crippen molar-refractivity contribution in [2.45, 2.75) is 33.7 Å². The van der Waals surface area contributed by atoms with Crippen LogP contribution in [0.25, 0.3) is 0 Å². The molecule has 0 aliphatic heterocycles. The molecule has 84 valence electrons. The molecule has 2 heteroatoms. The molecule has 0 unspecified atom stereocenters. The van der Waals surface area contributed by atoms with E-state index in [2.05, 4.69) is 32.2 Å². The Labute approximate surface area is 97.8 Å². The molecule has 1 rings (SSSR count). The van der Waals surface area contributed by atoms with E-state index >= 15 is 0 Å². The SMILES string of the molecule is Cc1cc(Cl)ccc1CNCCC(C)C. The van der Waals surface area contributed by atoms with E-state index in [4.69, 9.17) is 11.6 Å². The Balaban J connectivity index is 2.37. The summed E-state index contributed by atoms with van der Waals surface area (Å²) in [6.07, 6.45) is 1.23. The molecule has 0 aliphatic rings. The zero-order chi connectivity index (χ0) is 11.3. The first-order valence-electron chi connectivity index (χ1n) is 5.55. The number of benzene rings is 1. The predicted octanol–water partition coefficient (Wildman–Crippen LogP) is 3.78. The third kappa shape index (κ3) is 4.67. The first-order valence-corrected chi connectivity index (χ1v) is 5.93. The molecule has 0 bridgehead atoms. The van der Waals surface area contributed by atoms with E-state index in [0.29, 0.717) is 0 Å². The summed E-state index contributed by atoms with van der Waals surface area (Å²) < 4.78 is 0. The molecule has 0 amide bonds. The molecule has 0 fully saturated rings. The van der Waals surface area contributed by atoms with Crippen LogP contribution < -0.4 is 5.32 Å². The molecular weight excluding hydrogens is 206 g/mol. The Kier molecular flexibility index (Phi) is 5.13. The molecule has 0 spiro atoms. The summed E-state index contributed by atoms with van der Waals surface area (Å²) in [5.41, 5.74) is 2.60. The van der Waals surface area contributed by atoms with E-state index < -0.39 is 0 Å². The van der Waals surface area contributed by atoms with Gasteiger partial charge in [0.2, 0.25) is 0 Å². The van der Waals surface area contributed by atoms with Crippen LogP contribution >= 0.6 is 11.6 Å². The Hall–Kier alpha value is -0.530. The summed E-state index contributed by atoms with van der Waals surface area (Å²) >= 11 is 5.90. The molecule has 0 atom stereocenters. The van der Waals surface area contributed by atoms with Gasteiger partial charge in [-0.25, -0.2) is 0 Å². The van der Waals surface area contributed by atoms with Crippen LogP contribution in [0.2, 0.25) is 5.02 Å². The number of halogens is 1. The fraction of sp³-hybridized carbons (Fsp3) is 0.538. The van der Waals surface area contributed by atoms with Crippen LogP contribution in [-0.4, -0.2) is 6.54 Å². The van der Waals surface area contributed by atoms with Crippen LogP contribution in [0.1, 0.15) is 31.4 Å². The topological polar surface area (TPSA) is 12.0 Å². The van der Waals surface area contributed by atoms with Gasteiger partial charge in [0.15, 0.2) is 0 Å². The summed E-state index contributed by atoms with van der Waals surface area (Å²) in [7, 11) is 0. The van der Waals surface area contributed by atoms with Gasteiger partial charge >= 0.3 is 0 Å². The van der Waals surface area contributed by atoms with Crippen LogP contribution in [0.5, 0.6) is 0 Å². The Morgan fingerprint density at radius 3 is 2.67 bits per heavy atom. The van der Waals surface area contributed by atoms with E-state index in [-0.39, 0.29) is 0 Å². The molecule has 0 heterocycles. The summed E-state index contributed by atoms with van der Waals surface area (Å²) in [4.78, 5) is 0. The summed E-state index contributed by atoms with van der Waals surface area (Å²) in [5.74, 6) is 0.767. The van der Waals surface area contributed by atoms with Crippen molar-refractivity contribution in [2.24, 2.45) is 5.92 Å². The molecule has 0 aromatic heterocycles. The van der Waals surface area contributed by atoms with Gasteiger partial charge in [-0.15, -0.1) is 0 Å². The zero-order valence-electron chi connectivity index (χ0n) is 9.81. The van der Waals surface area contributed by atoms with Crippen LogP contribution in [0.15, 0.2) is 18.2 Å². The predicted molar refractivity (Wildman–Crippen MR) is 67.4 cm³/mol.